The lowest BCUT2D eigenvalue weighted by molar-refractivity contribution is -0.140. The van der Waals surface area contributed by atoms with Crippen LogP contribution in [0.3, 0.4) is 0 Å². The summed E-state index contributed by atoms with van der Waals surface area (Å²) < 4.78 is 68.4. The van der Waals surface area contributed by atoms with Gasteiger partial charge in [-0.1, -0.05) is 0 Å². The quantitative estimate of drug-likeness (QED) is 0.616. The minimum Gasteiger partial charge on any atom is -0.449 e. The second-order valence-electron chi connectivity index (χ2n) is 3.89. The van der Waals surface area contributed by atoms with Crippen molar-refractivity contribution in [3.63, 3.8) is 0 Å². The van der Waals surface area contributed by atoms with E-state index in [1.165, 1.54) is 0 Å². The number of carbonyl (C=O) groups is 1. The van der Waals surface area contributed by atoms with Gasteiger partial charge in [-0.05, 0) is 12.1 Å². The third-order valence-electron chi connectivity index (χ3n) is 2.51. The van der Waals surface area contributed by atoms with Gasteiger partial charge in [0, 0.05) is 17.3 Å². The Morgan fingerprint density at radius 1 is 1.25 bits per heavy atom. The molecule has 0 bridgehead atoms. The van der Waals surface area contributed by atoms with Crippen LogP contribution in [0.25, 0.3) is 6.08 Å². The summed E-state index contributed by atoms with van der Waals surface area (Å²) >= 11 is 0. The van der Waals surface area contributed by atoms with Crippen molar-refractivity contribution in [2.24, 2.45) is 0 Å². The van der Waals surface area contributed by atoms with Gasteiger partial charge in [0.25, 0.3) is 0 Å². The van der Waals surface area contributed by atoms with Gasteiger partial charge in [-0.3, -0.25) is 0 Å². The summed E-state index contributed by atoms with van der Waals surface area (Å²) in [5.74, 6) is -3.57. The molecule has 1 unspecified atom stereocenters. The number of halogens is 5. The van der Waals surface area contributed by atoms with Gasteiger partial charge in [-0.2, -0.15) is 13.2 Å². The van der Waals surface area contributed by atoms with Crippen LogP contribution >= 0.6 is 0 Å². The Kier molecular flexibility index (Phi) is 3.28. The normalized spacial score (nSPS) is 17.9. The zero-order chi connectivity index (χ0) is 15.1. The number of hydrogen-bond donors (Lipinski definition) is 2. The number of rotatable bonds is 1. The molecular formula is C11H6F5NO3. The van der Waals surface area contributed by atoms with Gasteiger partial charge in [0.15, 0.2) is 17.7 Å². The lowest BCUT2D eigenvalue weighted by Gasteiger charge is -2.28. The smallest absolute Gasteiger partial charge is 0.449 e. The van der Waals surface area contributed by atoms with Gasteiger partial charge in [-0.15, -0.1) is 0 Å². The van der Waals surface area contributed by atoms with E-state index in [0.717, 1.165) is 0 Å². The SMILES string of the molecule is O=C(O)OC1=Cc2cc(F)c(F)cc2NC1C(F)(F)F. The van der Waals surface area contributed by atoms with E-state index in [1.807, 2.05) is 5.32 Å². The minimum absolute atomic E-state index is 0.152. The zero-order valence-electron chi connectivity index (χ0n) is 9.46. The van der Waals surface area contributed by atoms with Crippen LogP contribution in [0.2, 0.25) is 0 Å². The molecule has 0 radical (unpaired) electrons. The van der Waals surface area contributed by atoms with Crippen LogP contribution in [0.4, 0.5) is 32.4 Å². The molecule has 0 aromatic heterocycles. The van der Waals surface area contributed by atoms with Gasteiger partial charge < -0.3 is 15.2 Å². The summed E-state index contributed by atoms with van der Waals surface area (Å²) in [7, 11) is 0. The molecule has 1 aromatic rings. The highest BCUT2D eigenvalue weighted by atomic mass is 19.4. The summed E-state index contributed by atoms with van der Waals surface area (Å²) in [6.07, 6.45) is -6.12. The molecule has 20 heavy (non-hydrogen) atoms. The van der Waals surface area contributed by atoms with Crippen molar-refractivity contribution in [2.75, 3.05) is 5.32 Å². The standard InChI is InChI=1S/C11H6F5NO3/c12-5-1-4-2-8(20-10(18)19)9(11(14,15)16)17-7(4)3-6(5)13/h1-3,9,17H,(H,18,19). The summed E-state index contributed by atoms with van der Waals surface area (Å²) in [5, 5.41) is 10.3. The van der Waals surface area contributed by atoms with Gasteiger partial charge in [0.1, 0.15) is 5.76 Å². The summed E-state index contributed by atoms with van der Waals surface area (Å²) in [6, 6.07) is -1.27. The monoisotopic (exact) mass is 295 g/mol. The lowest BCUT2D eigenvalue weighted by atomic mass is 10.0. The fraction of sp³-hybridized carbons (Fsp3) is 0.182. The molecule has 1 heterocycles. The first kappa shape index (κ1) is 14.1. The predicted octanol–water partition coefficient (Wildman–Crippen LogP) is 3.36. The van der Waals surface area contributed by atoms with Crippen LogP contribution in [0, 0.1) is 11.6 Å². The molecule has 2 rings (SSSR count). The van der Waals surface area contributed by atoms with Gasteiger partial charge in [0.05, 0.1) is 0 Å². The van der Waals surface area contributed by atoms with E-state index >= 15 is 0 Å². The van der Waals surface area contributed by atoms with E-state index in [1.54, 1.807) is 0 Å². The van der Waals surface area contributed by atoms with Crippen molar-refractivity contribution >= 4 is 17.9 Å². The largest absolute Gasteiger partial charge is 0.511 e. The molecule has 0 spiro atoms. The number of alkyl halides is 3. The predicted molar refractivity (Wildman–Crippen MR) is 56.9 cm³/mol. The molecular weight excluding hydrogens is 289 g/mol. The Hall–Kier alpha value is -2.32. The number of ether oxygens (including phenoxy) is 1. The van der Waals surface area contributed by atoms with Crippen molar-refractivity contribution in [1.29, 1.82) is 0 Å². The van der Waals surface area contributed by atoms with Gasteiger partial charge >= 0.3 is 12.3 Å². The number of carboxylic acid groups (broad SMARTS) is 1. The maximum atomic E-state index is 13.0. The molecule has 1 aliphatic rings. The van der Waals surface area contributed by atoms with Crippen LogP contribution in [-0.4, -0.2) is 23.5 Å². The lowest BCUT2D eigenvalue weighted by Crippen LogP contribution is -2.40. The third kappa shape index (κ3) is 2.65. The van der Waals surface area contributed by atoms with Crippen LogP contribution in [0.5, 0.6) is 0 Å². The number of anilines is 1. The van der Waals surface area contributed by atoms with E-state index in [-0.39, 0.29) is 11.3 Å². The van der Waals surface area contributed by atoms with Crippen molar-refractivity contribution in [1.82, 2.24) is 0 Å². The third-order valence-corrected chi connectivity index (χ3v) is 2.51. The minimum atomic E-state index is -4.87. The maximum Gasteiger partial charge on any atom is 0.511 e. The highest BCUT2D eigenvalue weighted by Gasteiger charge is 2.46. The fourth-order valence-electron chi connectivity index (χ4n) is 1.70. The first-order valence-electron chi connectivity index (χ1n) is 5.13. The molecule has 0 amide bonds. The molecule has 1 aliphatic heterocycles. The van der Waals surface area contributed by atoms with E-state index in [2.05, 4.69) is 4.74 Å². The van der Waals surface area contributed by atoms with E-state index in [4.69, 9.17) is 5.11 Å². The Morgan fingerprint density at radius 3 is 2.40 bits per heavy atom. The van der Waals surface area contributed by atoms with Crippen molar-refractivity contribution in [2.45, 2.75) is 12.2 Å². The molecule has 0 saturated heterocycles. The van der Waals surface area contributed by atoms with Crippen LogP contribution in [-0.2, 0) is 4.74 Å². The fourth-order valence-corrected chi connectivity index (χ4v) is 1.70. The van der Waals surface area contributed by atoms with E-state index < -0.39 is 35.8 Å². The molecule has 108 valence electrons. The second kappa shape index (κ2) is 4.66. The number of fused-ring (bicyclic) bond motifs is 1. The highest BCUT2D eigenvalue weighted by molar-refractivity contribution is 5.74. The maximum absolute atomic E-state index is 13.0. The molecule has 1 aromatic carbocycles. The molecule has 0 saturated carbocycles. The van der Waals surface area contributed by atoms with Crippen molar-refractivity contribution in [3.8, 4) is 0 Å². The van der Waals surface area contributed by atoms with Crippen LogP contribution in [0.15, 0.2) is 17.9 Å². The van der Waals surface area contributed by atoms with E-state index in [9.17, 15) is 26.7 Å². The first-order valence-corrected chi connectivity index (χ1v) is 5.13. The van der Waals surface area contributed by atoms with Crippen molar-refractivity contribution < 1.29 is 36.6 Å². The molecule has 9 heteroatoms. The summed E-state index contributed by atoms with van der Waals surface area (Å²) in [5.41, 5.74) is -0.468. The summed E-state index contributed by atoms with van der Waals surface area (Å²) in [4.78, 5) is 10.4. The molecule has 1 atom stereocenters. The average Bonchev–Trinajstić information content (AvgIpc) is 2.28. The summed E-state index contributed by atoms with van der Waals surface area (Å²) in [6.45, 7) is 0. The Morgan fingerprint density at radius 2 is 1.85 bits per heavy atom. The van der Waals surface area contributed by atoms with Crippen molar-refractivity contribution in [3.05, 3.63) is 35.1 Å². The number of hydrogen-bond acceptors (Lipinski definition) is 3. The molecule has 0 aliphatic carbocycles. The van der Waals surface area contributed by atoms with Gasteiger partial charge in [-0.25, -0.2) is 13.6 Å². The Bertz CT molecular complexity index is 596. The van der Waals surface area contributed by atoms with Gasteiger partial charge in [0.2, 0.25) is 0 Å². The first-order chi connectivity index (χ1) is 9.18. The van der Waals surface area contributed by atoms with Crippen LogP contribution in [0.1, 0.15) is 5.56 Å². The molecule has 4 nitrogen and oxygen atoms in total. The topological polar surface area (TPSA) is 58.6 Å². The average molecular weight is 295 g/mol. The van der Waals surface area contributed by atoms with Crippen LogP contribution < -0.4 is 5.32 Å². The van der Waals surface area contributed by atoms with E-state index in [0.29, 0.717) is 18.2 Å². The second-order valence-corrected chi connectivity index (χ2v) is 3.89. The molecule has 0 fully saturated rings. The number of nitrogens with one attached hydrogen (secondary N) is 1. The Balaban J connectivity index is 2.50. The highest BCUT2D eigenvalue weighted by Crippen LogP contribution is 2.36. The zero-order valence-corrected chi connectivity index (χ0v) is 9.46. The Labute approximate surface area is 108 Å². The molecule has 2 N–H and O–H groups in total. The number of benzene rings is 1.